The van der Waals surface area contributed by atoms with Gasteiger partial charge in [-0.15, -0.1) is 0 Å². The van der Waals surface area contributed by atoms with Gasteiger partial charge in [0.15, 0.2) is 0 Å². The first-order valence-electron chi connectivity index (χ1n) is 7.50. The molecule has 0 aliphatic heterocycles. The summed E-state index contributed by atoms with van der Waals surface area (Å²) in [5.74, 6) is 0.732. The van der Waals surface area contributed by atoms with Crippen molar-refractivity contribution < 1.29 is 4.74 Å². The van der Waals surface area contributed by atoms with Crippen molar-refractivity contribution in [3.8, 4) is 17.0 Å². The van der Waals surface area contributed by atoms with Crippen LogP contribution < -0.4 is 16.0 Å². The van der Waals surface area contributed by atoms with Crippen LogP contribution in [0.2, 0.25) is 0 Å². The Morgan fingerprint density at radius 3 is 2.68 bits per heavy atom. The number of aryl methyl sites for hydroxylation is 2. The van der Waals surface area contributed by atoms with Gasteiger partial charge in [0.25, 0.3) is 5.56 Å². The minimum Gasteiger partial charge on any atom is -0.496 e. The molecule has 1 unspecified atom stereocenters. The van der Waals surface area contributed by atoms with Gasteiger partial charge in [-0.2, -0.15) is 5.10 Å². The van der Waals surface area contributed by atoms with Crippen molar-refractivity contribution >= 4 is 0 Å². The maximum Gasteiger partial charge on any atom is 0.271 e. The van der Waals surface area contributed by atoms with Crippen molar-refractivity contribution in [3.63, 3.8) is 0 Å². The summed E-state index contributed by atoms with van der Waals surface area (Å²) in [6, 6.07) is 7.33. The third kappa shape index (κ3) is 3.20. The van der Waals surface area contributed by atoms with Gasteiger partial charge in [0.1, 0.15) is 5.75 Å². The Bertz CT molecular complexity index is 720. The second kappa shape index (κ2) is 6.75. The quantitative estimate of drug-likeness (QED) is 0.921. The van der Waals surface area contributed by atoms with E-state index in [9.17, 15) is 4.79 Å². The van der Waals surface area contributed by atoms with Gasteiger partial charge in [-0.05, 0) is 38.5 Å². The highest BCUT2D eigenvalue weighted by Gasteiger charge is 2.15. The molecule has 22 heavy (non-hydrogen) atoms. The maximum atomic E-state index is 12.4. The van der Waals surface area contributed by atoms with Crippen LogP contribution in [0.5, 0.6) is 5.75 Å². The molecule has 2 rings (SSSR count). The van der Waals surface area contributed by atoms with Gasteiger partial charge in [-0.3, -0.25) is 4.79 Å². The molecule has 2 aromatic rings. The normalized spacial score (nSPS) is 12.2. The van der Waals surface area contributed by atoms with Crippen LogP contribution in [0.4, 0.5) is 0 Å². The minimum atomic E-state index is -0.340. The fourth-order valence-electron chi connectivity index (χ4n) is 2.41. The Kier molecular flexibility index (Phi) is 4.98. The van der Waals surface area contributed by atoms with Gasteiger partial charge in [0, 0.05) is 23.7 Å². The lowest BCUT2D eigenvalue weighted by molar-refractivity contribution is 0.416. The zero-order valence-corrected chi connectivity index (χ0v) is 13.6. The molecule has 0 bridgehead atoms. The highest BCUT2D eigenvalue weighted by molar-refractivity contribution is 5.68. The Balaban J connectivity index is 2.70. The first kappa shape index (κ1) is 16.2. The predicted molar refractivity (Wildman–Crippen MR) is 88.1 cm³/mol. The highest BCUT2D eigenvalue weighted by atomic mass is 16.5. The smallest absolute Gasteiger partial charge is 0.271 e. The monoisotopic (exact) mass is 301 g/mol. The summed E-state index contributed by atoms with van der Waals surface area (Å²) >= 11 is 0. The molecule has 0 saturated heterocycles. The van der Waals surface area contributed by atoms with Crippen molar-refractivity contribution in [1.82, 2.24) is 9.78 Å². The molecule has 118 valence electrons. The third-order valence-electron chi connectivity index (χ3n) is 3.56. The fourth-order valence-corrected chi connectivity index (χ4v) is 2.41. The molecular formula is C17H23N3O2. The summed E-state index contributed by atoms with van der Waals surface area (Å²) in [6.45, 7) is 6.40. The van der Waals surface area contributed by atoms with E-state index in [1.165, 1.54) is 4.68 Å². The Morgan fingerprint density at radius 2 is 2.09 bits per heavy atom. The van der Waals surface area contributed by atoms with Crippen molar-refractivity contribution in [2.45, 2.75) is 39.8 Å². The zero-order chi connectivity index (χ0) is 16.3. The van der Waals surface area contributed by atoms with Crippen LogP contribution in [0.25, 0.3) is 11.3 Å². The van der Waals surface area contributed by atoms with E-state index in [1.54, 1.807) is 13.2 Å². The number of ether oxygens (including phenoxy) is 1. The van der Waals surface area contributed by atoms with Gasteiger partial charge in [0.2, 0.25) is 0 Å². The van der Waals surface area contributed by atoms with Gasteiger partial charge >= 0.3 is 0 Å². The molecule has 0 aliphatic carbocycles. The van der Waals surface area contributed by atoms with Gasteiger partial charge in [-0.1, -0.05) is 18.6 Å². The van der Waals surface area contributed by atoms with E-state index in [0.29, 0.717) is 17.8 Å². The van der Waals surface area contributed by atoms with E-state index in [1.807, 2.05) is 39.0 Å². The first-order valence-corrected chi connectivity index (χ1v) is 7.50. The second-order valence-electron chi connectivity index (χ2n) is 5.51. The van der Waals surface area contributed by atoms with Crippen molar-refractivity contribution in [2.24, 2.45) is 5.73 Å². The molecule has 5 nitrogen and oxygen atoms in total. The lowest BCUT2D eigenvalue weighted by Crippen LogP contribution is -2.29. The summed E-state index contributed by atoms with van der Waals surface area (Å²) in [6.07, 6.45) is 0.833. The second-order valence-corrected chi connectivity index (χ2v) is 5.51. The van der Waals surface area contributed by atoms with Crippen LogP contribution in [0.15, 0.2) is 29.1 Å². The predicted octanol–water partition coefficient (Wildman–Crippen LogP) is 2.66. The van der Waals surface area contributed by atoms with Gasteiger partial charge in [0.05, 0.1) is 12.8 Å². The van der Waals surface area contributed by atoms with Crippen LogP contribution in [0, 0.1) is 6.92 Å². The van der Waals surface area contributed by atoms with E-state index < -0.39 is 0 Å². The van der Waals surface area contributed by atoms with Crippen LogP contribution in [-0.2, 0) is 6.54 Å². The maximum absolute atomic E-state index is 12.4. The van der Waals surface area contributed by atoms with E-state index >= 15 is 0 Å². The number of rotatable bonds is 5. The van der Waals surface area contributed by atoms with E-state index in [4.69, 9.17) is 10.5 Å². The Morgan fingerprint density at radius 1 is 1.36 bits per heavy atom. The average Bonchev–Trinajstić information content (AvgIpc) is 2.49. The van der Waals surface area contributed by atoms with Gasteiger partial charge < -0.3 is 10.5 Å². The number of nitrogens with two attached hydrogens (primary N) is 1. The van der Waals surface area contributed by atoms with Crippen LogP contribution in [0.1, 0.15) is 37.4 Å². The molecular weight excluding hydrogens is 278 g/mol. The molecule has 5 heteroatoms. The fraction of sp³-hybridized carbons (Fsp3) is 0.412. The number of nitrogens with zero attached hydrogens (tertiary/aromatic N) is 2. The molecule has 1 heterocycles. The molecule has 0 amide bonds. The molecule has 0 radical (unpaired) electrons. The van der Waals surface area contributed by atoms with E-state index in [-0.39, 0.29) is 11.6 Å². The zero-order valence-electron chi connectivity index (χ0n) is 13.6. The molecule has 1 aromatic carbocycles. The van der Waals surface area contributed by atoms with Gasteiger partial charge in [-0.25, -0.2) is 4.68 Å². The third-order valence-corrected chi connectivity index (χ3v) is 3.56. The molecule has 0 spiro atoms. The molecule has 1 aromatic heterocycles. The molecule has 0 aliphatic rings. The number of hydrogen-bond donors (Lipinski definition) is 1. The lowest BCUT2D eigenvalue weighted by atomic mass is 10.0. The van der Waals surface area contributed by atoms with Crippen LogP contribution >= 0.6 is 0 Å². The standard InChI is InChI=1S/C17H23N3O2/c1-5-8-20-17(21)13(12(3)18)10-15(19-20)14-9-11(2)6-7-16(14)22-4/h6-7,9-10,12H,5,8,18H2,1-4H3. The summed E-state index contributed by atoms with van der Waals surface area (Å²) in [7, 11) is 1.63. The average molecular weight is 301 g/mol. The molecule has 2 N–H and O–H groups in total. The number of benzene rings is 1. The Hall–Kier alpha value is -2.14. The summed E-state index contributed by atoms with van der Waals surface area (Å²) in [5.41, 5.74) is 9.09. The topological polar surface area (TPSA) is 70.1 Å². The van der Waals surface area contributed by atoms with Crippen LogP contribution in [-0.4, -0.2) is 16.9 Å². The largest absolute Gasteiger partial charge is 0.496 e. The highest BCUT2D eigenvalue weighted by Crippen LogP contribution is 2.29. The number of hydrogen-bond acceptors (Lipinski definition) is 4. The first-order chi connectivity index (χ1) is 10.5. The summed E-state index contributed by atoms with van der Waals surface area (Å²) in [5, 5.41) is 4.49. The lowest BCUT2D eigenvalue weighted by Gasteiger charge is -2.14. The van der Waals surface area contributed by atoms with Crippen molar-refractivity contribution in [2.75, 3.05) is 7.11 Å². The summed E-state index contributed by atoms with van der Waals surface area (Å²) < 4.78 is 6.92. The summed E-state index contributed by atoms with van der Waals surface area (Å²) in [4.78, 5) is 12.4. The van der Waals surface area contributed by atoms with E-state index in [2.05, 4.69) is 5.10 Å². The SMILES string of the molecule is CCCn1nc(-c2cc(C)ccc2OC)cc(C(C)N)c1=O. The van der Waals surface area contributed by atoms with Crippen LogP contribution in [0.3, 0.4) is 0 Å². The van der Waals surface area contributed by atoms with Crippen molar-refractivity contribution in [1.29, 1.82) is 0 Å². The molecule has 0 fully saturated rings. The Labute approximate surface area is 130 Å². The number of aromatic nitrogens is 2. The van der Waals surface area contributed by atoms with Crippen molar-refractivity contribution in [3.05, 3.63) is 45.7 Å². The number of methoxy groups -OCH3 is 1. The minimum absolute atomic E-state index is 0.118. The molecule has 0 saturated carbocycles. The van der Waals surface area contributed by atoms with E-state index in [0.717, 1.165) is 23.3 Å². The molecule has 1 atom stereocenters.